The van der Waals surface area contributed by atoms with E-state index in [9.17, 15) is 0 Å². The van der Waals surface area contributed by atoms with E-state index in [1.807, 2.05) is 24.3 Å². The van der Waals surface area contributed by atoms with Gasteiger partial charge in [0.15, 0.2) is 0 Å². The lowest BCUT2D eigenvalue weighted by molar-refractivity contribution is 0.669. The van der Waals surface area contributed by atoms with Crippen LogP contribution in [0, 0.1) is 0 Å². The molecule has 2 nitrogen and oxygen atoms in total. The number of hydrogen-bond acceptors (Lipinski definition) is 2. The van der Waals surface area contributed by atoms with Crippen LogP contribution in [-0.2, 0) is 5.41 Å². The first-order valence-electron chi connectivity index (χ1n) is 21.6. The summed E-state index contributed by atoms with van der Waals surface area (Å²) in [7, 11) is 0. The van der Waals surface area contributed by atoms with Gasteiger partial charge in [-0.2, -0.15) is 0 Å². The number of para-hydroxylation sites is 4. The van der Waals surface area contributed by atoms with Gasteiger partial charge < -0.3 is 8.83 Å². The average molecular weight is 803 g/mol. The van der Waals surface area contributed by atoms with E-state index in [1.54, 1.807) is 0 Å². The molecule has 10 aromatic carbocycles. The Morgan fingerprint density at radius 3 is 0.984 bits per heavy atom. The summed E-state index contributed by atoms with van der Waals surface area (Å²) >= 11 is 0. The smallest absolute Gasteiger partial charge is 0.143 e. The molecular weight excluding hydrogens is 765 g/mol. The van der Waals surface area contributed by atoms with Crippen molar-refractivity contribution in [3.63, 3.8) is 0 Å². The highest BCUT2D eigenvalue weighted by atomic mass is 16.3. The molecule has 0 aliphatic heterocycles. The molecular formula is C61H38O2. The van der Waals surface area contributed by atoms with Crippen molar-refractivity contribution in [3.8, 4) is 55.6 Å². The Labute approximate surface area is 365 Å². The molecule has 0 saturated carbocycles. The minimum Gasteiger partial charge on any atom is -0.455 e. The second-order valence-electron chi connectivity index (χ2n) is 16.7. The fraction of sp³-hybridized carbons (Fsp3) is 0.0164. The van der Waals surface area contributed by atoms with Gasteiger partial charge >= 0.3 is 0 Å². The highest BCUT2D eigenvalue weighted by molar-refractivity contribution is 6.10. The number of hydrogen-bond donors (Lipinski definition) is 0. The van der Waals surface area contributed by atoms with Crippen LogP contribution in [0.2, 0.25) is 0 Å². The molecule has 0 radical (unpaired) electrons. The Hall–Kier alpha value is -8.20. The monoisotopic (exact) mass is 802 g/mol. The zero-order valence-corrected chi connectivity index (χ0v) is 34.3. The SMILES string of the molecule is c1ccc2c(c1)-c1ccccc1C2(c1ccc(-c2ccc(-c3cccc4c3oc3ccccc34)cc2)cc1)c1ccc(-c2ccc(-c3cccc4c3oc3ccccc34)cc2)cc1. The summed E-state index contributed by atoms with van der Waals surface area (Å²) in [5.74, 6) is 0. The minimum atomic E-state index is -0.492. The Morgan fingerprint density at radius 1 is 0.238 bits per heavy atom. The first-order valence-corrected chi connectivity index (χ1v) is 21.6. The lowest BCUT2D eigenvalue weighted by Gasteiger charge is -2.34. The van der Waals surface area contributed by atoms with E-state index in [2.05, 4.69) is 206 Å². The molecule has 0 spiro atoms. The van der Waals surface area contributed by atoms with E-state index in [-0.39, 0.29) is 0 Å². The molecule has 63 heavy (non-hydrogen) atoms. The summed E-state index contributed by atoms with van der Waals surface area (Å²) in [5.41, 5.74) is 20.0. The van der Waals surface area contributed by atoms with Crippen LogP contribution < -0.4 is 0 Å². The Balaban J connectivity index is 0.860. The lowest BCUT2D eigenvalue weighted by Crippen LogP contribution is -2.28. The Bertz CT molecular complexity index is 3450. The third-order valence-corrected chi connectivity index (χ3v) is 13.5. The molecule has 1 aliphatic rings. The van der Waals surface area contributed by atoms with Gasteiger partial charge in [0.1, 0.15) is 22.3 Å². The zero-order valence-electron chi connectivity index (χ0n) is 34.3. The fourth-order valence-electron chi connectivity index (χ4n) is 10.5. The second kappa shape index (κ2) is 13.9. The van der Waals surface area contributed by atoms with Crippen molar-refractivity contribution in [1.82, 2.24) is 0 Å². The van der Waals surface area contributed by atoms with Crippen molar-refractivity contribution >= 4 is 43.9 Å². The quantitative estimate of drug-likeness (QED) is 0.167. The Kier molecular flexibility index (Phi) is 7.85. The van der Waals surface area contributed by atoms with Gasteiger partial charge in [-0.15, -0.1) is 0 Å². The molecule has 0 unspecified atom stereocenters. The molecule has 0 fully saturated rings. The number of furan rings is 2. The normalized spacial score (nSPS) is 12.9. The topological polar surface area (TPSA) is 26.3 Å². The molecule has 0 saturated heterocycles. The van der Waals surface area contributed by atoms with Crippen LogP contribution >= 0.6 is 0 Å². The van der Waals surface area contributed by atoms with Crippen molar-refractivity contribution in [2.24, 2.45) is 0 Å². The van der Waals surface area contributed by atoms with Gasteiger partial charge in [0.2, 0.25) is 0 Å². The van der Waals surface area contributed by atoms with E-state index in [1.165, 1.54) is 55.6 Å². The van der Waals surface area contributed by atoms with Gasteiger partial charge in [-0.25, -0.2) is 0 Å². The summed E-state index contributed by atoms with van der Waals surface area (Å²) in [6, 6.07) is 83.5. The molecule has 0 atom stereocenters. The average Bonchev–Trinajstić information content (AvgIpc) is 4.03. The van der Waals surface area contributed by atoms with Crippen molar-refractivity contribution in [1.29, 1.82) is 0 Å². The number of fused-ring (bicyclic) bond motifs is 9. The predicted molar refractivity (Wildman–Crippen MR) is 260 cm³/mol. The summed E-state index contributed by atoms with van der Waals surface area (Å²) < 4.78 is 12.8. The summed E-state index contributed by atoms with van der Waals surface area (Å²) in [6.45, 7) is 0. The molecule has 12 aromatic rings. The van der Waals surface area contributed by atoms with Crippen LogP contribution in [0.1, 0.15) is 22.3 Å². The predicted octanol–water partition coefficient (Wildman–Crippen LogP) is 16.5. The van der Waals surface area contributed by atoms with E-state index < -0.39 is 5.41 Å². The van der Waals surface area contributed by atoms with Crippen LogP contribution in [0.3, 0.4) is 0 Å². The summed E-state index contributed by atoms with van der Waals surface area (Å²) in [6.07, 6.45) is 0. The maximum atomic E-state index is 6.38. The molecule has 294 valence electrons. The lowest BCUT2D eigenvalue weighted by atomic mass is 9.67. The first-order chi connectivity index (χ1) is 31.2. The highest BCUT2D eigenvalue weighted by Gasteiger charge is 2.45. The van der Waals surface area contributed by atoms with Gasteiger partial charge in [0.05, 0.1) is 5.41 Å². The van der Waals surface area contributed by atoms with Crippen LogP contribution in [0.5, 0.6) is 0 Å². The third kappa shape index (κ3) is 5.38. The molecule has 13 rings (SSSR count). The van der Waals surface area contributed by atoms with Crippen LogP contribution in [-0.4, -0.2) is 0 Å². The molecule has 2 heteroatoms. The molecule has 2 aromatic heterocycles. The molecule has 1 aliphatic carbocycles. The van der Waals surface area contributed by atoms with Gasteiger partial charge in [-0.3, -0.25) is 0 Å². The summed E-state index contributed by atoms with van der Waals surface area (Å²) in [4.78, 5) is 0. The maximum Gasteiger partial charge on any atom is 0.143 e. The van der Waals surface area contributed by atoms with Crippen molar-refractivity contribution in [2.45, 2.75) is 5.41 Å². The fourth-order valence-corrected chi connectivity index (χ4v) is 10.5. The standard InChI is InChI=1S/C61H38O2/c1-5-19-55-49(11-1)50-12-2-6-20-56(50)61(55,45-35-31-41(32-36-45)39-23-27-43(28-24-39)47-15-9-17-53-51-13-3-7-21-57(51)62-59(47)53)46-37-33-42(34-38-46)40-25-29-44(30-26-40)48-16-10-18-54-52-14-4-8-22-58(52)63-60(48)54/h1-38H. The van der Waals surface area contributed by atoms with Crippen LogP contribution in [0.4, 0.5) is 0 Å². The van der Waals surface area contributed by atoms with E-state index in [0.29, 0.717) is 0 Å². The van der Waals surface area contributed by atoms with E-state index >= 15 is 0 Å². The van der Waals surface area contributed by atoms with Crippen molar-refractivity contribution in [3.05, 3.63) is 253 Å². The second-order valence-corrected chi connectivity index (χ2v) is 16.7. The van der Waals surface area contributed by atoms with Crippen LogP contribution in [0.25, 0.3) is 99.5 Å². The van der Waals surface area contributed by atoms with Gasteiger partial charge in [-0.05, 0) is 78.9 Å². The first kappa shape index (κ1) is 35.5. The Morgan fingerprint density at radius 2 is 0.556 bits per heavy atom. The number of rotatable bonds is 6. The van der Waals surface area contributed by atoms with Crippen molar-refractivity contribution < 1.29 is 8.83 Å². The highest BCUT2D eigenvalue weighted by Crippen LogP contribution is 2.56. The van der Waals surface area contributed by atoms with Gasteiger partial charge in [0, 0.05) is 32.7 Å². The van der Waals surface area contributed by atoms with E-state index in [4.69, 9.17) is 8.83 Å². The third-order valence-electron chi connectivity index (χ3n) is 13.5. The molecule has 0 bridgehead atoms. The van der Waals surface area contributed by atoms with Crippen LogP contribution in [0.15, 0.2) is 239 Å². The minimum absolute atomic E-state index is 0.492. The molecule has 0 amide bonds. The zero-order chi connectivity index (χ0) is 41.5. The van der Waals surface area contributed by atoms with Gasteiger partial charge in [-0.1, -0.05) is 218 Å². The maximum absolute atomic E-state index is 6.38. The van der Waals surface area contributed by atoms with E-state index in [0.717, 1.165) is 66.1 Å². The molecule has 0 N–H and O–H groups in total. The number of benzene rings is 10. The van der Waals surface area contributed by atoms with Gasteiger partial charge in [0.25, 0.3) is 0 Å². The molecule has 2 heterocycles. The largest absolute Gasteiger partial charge is 0.455 e. The van der Waals surface area contributed by atoms with Crippen molar-refractivity contribution in [2.75, 3.05) is 0 Å². The summed E-state index contributed by atoms with van der Waals surface area (Å²) in [5, 5.41) is 4.58.